The van der Waals surface area contributed by atoms with Crippen LogP contribution in [-0.4, -0.2) is 73.5 Å². The molecule has 1 aromatic carbocycles. The fourth-order valence-electron chi connectivity index (χ4n) is 3.40. The average molecular weight is 380 g/mol. The van der Waals surface area contributed by atoms with Crippen LogP contribution in [0.25, 0.3) is 0 Å². The Hall–Kier alpha value is -2.12. The molecule has 0 aromatic heterocycles. The highest BCUT2D eigenvalue weighted by atomic mass is 35.5. The van der Waals surface area contributed by atoms with E-state index in [9.17, 15) is 14.4 Å². The van der Waals surface area contributed by atoms with Gasteiger partial charge in [0.25, 0.3) is 0 Å². The van der Waals surface area contributed by atoms with E-state index in [0.717, 1.165) is 10.6 Å². The average Bonchev–Trinajstić information content (AvgIpc) is 2.98. The molecule has 1 aromatic rings. The lowest BCUT2D eigenvalue weighted by molar-refractivity contribution is -0.152. The van der Waals surface area contributed by atoms with Crippen molar-refractivity contribution in [2.45, 2.75) is 18.9 Å². The number of carbonyl (C=O) groups is 3. The van der Waals surface area contributed by atoms with Gasteiger partial charge in [0.2, 0.25) is 17.7 Å². The Morgan fingerprint density at radius 1 is 1.08 bits per heavy atom. The summed E-state index contributed by atoms with van der Waals surface area (Å²) in [5, 5.41) is 0.685. The number of ether oxygens (including phenoxy) is 1. The van der Waals surface area contributed by atoms with Gasteiger partial charge in [-0.25, -0.2) is 0 Å². The molecule has 2 heterocycles. The van der Waals surface area contributed by atoms with Crippen LogP contribution in [0.1, 0.15) is 12.8 Å². The quantitative estimate of drug-likeness (QED) is 0.718. The first kappa shape index (κ1) is 18.7. The van der Waals surface area contributed by atoms with Crippen LogP contribution < -0.4 is 4.90 Å². The topological polar surface area (TPSA) is 70.2 Å². The molecule has 2 aliphatic rings. The fourth-order valence-corrected chi connectivity index (χ4v) is 3.53. The second-order valence-electron chi connectivity index (χ2n) is 6.42. The monoisotopic (exact) mass is 379 g/mol. The lowest BCUT2D eigenvalue weighted by atomic mass is 10.2. The van der Waals surface area contributed by atoms with Crippen molar-refractivity contribution in [1.82, 2.24) is 9.80 Å². The summed E-state index contributed by atoms with van der Waals surface area (Å²) in [5.41, 5.74) is 1.06. The smallest absolute Gasteiger partial charge is 0.248 e. The number of rotatable bonds is 5. The first-order chi connectivity index (χ1) is 12.5. The Bertz CT molecular complexity index is 670. The molecular weight excluding hydrogens is 358 g/mol. The van der Waals surface area contributed by atoms with Crippen LogP contribution in [0, 0.1) is 0 Å². The lowest BCUT2D eigenvalue weighted by Gasteiger charge is -2.38. The Morgan fingerprint density at radius 3 is 2.19 bits per heavy atom. The molecule has 3 amide bonds. The highest BCUT2D eigenvalue weighted by Crippen LogP contribution is 2.21. The number of methoxy groups -OCH3 is 1. The highest BCUT2D eigenvalue weighted by Gasteiger charge is 2.40. The maximum atomic E-state index is 12.9. The molecular formula is C18H22ClN3O4. The number of likely N-dealkylation sites (tertiary alicyclic amines) is 1. The number of halogens is 1. The third kappa shape index (κ3) is 3.83. The third-order valence-corrected chi connectivity index (χ3v) is 5.05. The van der Waals surface area contributed by atoms with Crippen molar-refractivity contribution in [2.75, 3.05) is 44.8 Å². The van der Waals surface area contributed by atoms with Gasteiger partial charge < -0.3 is 14.5 Å². The van der Waals surface area contributed by atoms with Gasteiger partial charge in [0, 0.05) is 56.8 Å². The van der Waals surface area contributed by atoms with Crippen LogP contribution in [0.5, 0.6) is 0 Å². The molecule has 26 heavy (non-hydrogen) atoms. The van der Waals surface area contributed by atoms with E-state index >= 15 is 0 Å². The van der Waals surface area contributed by atoms with E-state index < -0.39 is 6.04 Å². The van der Waals surface area contributed by atoms with Gasteiger partial charge in [-0.3, -0.25) is 19.3 Å². The van der Waals surface area contributed by atoms with E-state index in [1.54, 1.807) is 4.90 Å². The summed E-state index contributed by atoms with van der Waals surface area (Å²) in [6.07, 6.45) is 0.327. The summed E-state index contributed by atoms with van der Waals surface area (Å²) in [6.45, 7) is 2.42. The second kappa shape index (κ2) is 8.05. The molecule has 2 fully saturated rings. The molecule has 1 unspecified atom stereocenters. The van der Waals surface area contributed by atoms with Crippen LogP contribution >= 0.6 is 11.6 Å². The van der Waals surface area contributed by atoms with E-state index in [1.807, 2.05) is 24.3 Å². The van der Waals surface area contributed by atoms with Crippen molar-refractivity contribution in [3.05, 3.63) is 29.3 Å². The van der Waals surface area contributed by atoms with Gasteiger partial charge in [-0.1, -0.05) is 11.6 Å². The minimum atomic E-state index is -0.871. The Morgan fingerprint density at radius 2 is 1.65 bits per heavy atom. The van der Waals surface area contributed by atoms with E-state index in [2.05, 4.69) is 4.90 Å². The predicted molar refractivity (Wildman–Crippen MR) is 97.0 cm³/mol. The second-order valence-corrected chi connectivity index (χ2v) is 6.85. The zero-order valence-corrected chi connectivity index (χ0v) is 15.4. The highest BCUT2D eigenvalue weighted by molar-refractivity contribution is 6.30. The summed E-state index contributed by atoms with van der Waals surface area (Å²) in [4.78, 5) is 41.9. The first-order valence-corrected chi connectivity index (χ1v) is 9.02. The van der Waals surface area contributed by atoms with Crippen molar-refractivity contribution in [3.8, 4) is 0 Å². The summed E-state index contributed by atoms with van der Waals surface area (Å²) in [6, 6.07) is 6.72. The number of carbonyl (C=O) groups excluding carboxylic acids is 3. The molecule has 0 aliphatic carbocycles. The summed E-state index contributed by atoms with van der Waals surface area (Å²) in [5.74, 6) is -0.832. The molecule has 7 nitrogen and oxygen atoms in total. The fraction of sp³-hybridized carbons (Fsp3) is 0.500. The molecule has 0 spiro atoms. The molecule has 0 saturated carbocycles. The Kier molecular flexibility index (Phi) is 5.78. The van der Waals surface area contributed by atoms with E-state index in [-0.39, 0.29) is 37.2 Å². The summed E-state index contributed by atoms with van der Waals surface area (Å²) >= 11 is 5.92. The van der Waals surface area contributed by atoms with Crippen molar-refractivity contribution in [3.63, 3.8) is 0 Å². The normalized spacial score (nSPS) is 19.2. The summed E-state index contributed by atoms with van der Waals surface area (Å²) in [7, 11) is 1.46. The number of anilines is 1. The minimum absolute atomic E-state index is 0.0215. The molecule has 1 atom stereocenters. The number of imide groups is 1. The molecule has 0 bridgehead atoms. The number of piperazine rings is 1. The zero-order chi connectivity index (χ0) is 18.7. The van der Waals surface area contributed by atoms with Crippen molar-refractivity contribution >= 4 is 35.0 Å². The third-order valence-electron chi connectivity index (χ3n) is 4.79. The van der Waals surface area contributed by atoms with E-state index in [4.69, 9.17) is 16.3 Å². The largest absolute Gasteiger partial charge is 0.382 e. The van der Waals surface area contributed by atoms with Gasteiger partial charge in [-0.2, -0.15) is 0 Å². The Balaban J connectivity index is 1.65. The predicted octanol–water partition coefficient (Wildman–Crippen LogP) is 1.15. The van der Waals surface area contributed by atoms with Gasteiger partial charge in [0.05, 0.1) is 6.61 Å². The number of benzene rings is 1. The molecule has 3 rings (SSSR count). The number of hydrogen-bond donors (Lipinski definition) is 0. The molecule has 140 valence electrons. The maximum absolute atomic E-state index is 12.9. The maximum Gasteiger partial charge on any atom is 0.248 e. The molecule has 2 saturated heterocycles. The van der Waals surface area contributed by atoms with Gasteiger partial charge in [-0.05, 0) is 24.3 Å². The van der Waals surface area contributed by atoms with Crippen molar-refractivity contribution in [1.29, 1.82) is 0 Å². The van der Waals surface area contributed by atoms with Gasteiger partial charge in [0.1, 0.15) is 6.04 Å². The van der Waals surface area contributed by atoms with Crippen molar-refractivity contribution in [2.24, 2.45) is 0 Å². The van der Waals surface area contributed by atoms with Crippen LogP contribution in [0.15, 0.2) is 24.3 Å². The standard InChI is InChI=1S/C18H22ClN3O4/c1-26-12-15(22-16(23)6-7-17(22)24)18(25)21-10-8-20(9-11-21)14-4-2-13(19)3-5-14/h2-5,15H,6-12H2,1H3. The molecule has 0 N–H and O–H groups in total. The van der Waals surface area contributed by atoms with Gasteiger partial charge in [-0.15, -0.1) is 0 Å². The Labute approximate surface area is 157 Å². The van der Waals surface area contributed by atoms with Gasteiger partial charge in [0.15, 0.2) is 0 Å². The van der Waals surface area contributed by atoms with Crippen LogP contribution in [0.2, 0.25) is 5.02 Å². The van der Waals surface area contributed by atoms with Gasteiger partial charge >= 0.3 is 0 Å². The van der Waals surface area contributed by atoms with Crippen LogP contribution in [-0.2, 0) is 19.1 Å². The SMILES string of the molecule is COCC(C(=O)N1CCN(c2ccc(Cl)cc2)CC1)N1C(=O)CCC1=O. The van der Waals surface area contributed by atoms with E-state index in [1.165, 1.54) is 7.11 Å². The number of amides is 3. The number of nitrogens with zero attached hydrogens (tertiary/aromatic N) is 3. The van der Waals surface area contributed by atoms with Crippen LogP contribution in [0.4, 0.5) is 5.69 Å². The molecule has 8 heteroatoms. The van der Waals surface area contributed by atoms with Crippen molar-refractivity contribution < 1.29 is 19.1 Å². The number of hydrogen-bond acceptors (Lipinski definition) is 5. The van der Waals surface area contributed by atoms with E-state index in [0.29, 0.717) is 31.2 Å². The minimum Gasteiger partial charge on any atom is -0.382 e. The molecule has 0 radical (unpaired) electrons. The lowest BCUT2D eigenvalue weighted by Crippen LogP contribution is -2.57. The summed E-state index contributed by atoms with van der Waals surface area (Å²) < 4.78 is 5.11. The molecule has 2 aliphatic heterocycles. The first-order valence-electron chi connectivity index (χ1n) is 8.64. The zero-order valence-electron chi connectivity index (χ0n) is 14.7. The van der Waals surface area contributed by atoms with Crippen LogP contribution in [0.3, 0.4) is 0 Å².